The minimum atomic E-state index is 0.311. The lowest BCUT2D eigenvalue weighted by Gasteiger charge is -2.39. The van der Waals surface area contributed by atoms with Crippen LogP contribution in [0.25, 0.3) is 0 Å². The van der Waals surface area contributed by atoms with Gasteiger partial charge in [-0.15, -0.1) is 0 Å². The first kappa shape index (κ1) is 15.3. The molecule has 0 aromatic heterocycles. The van der Waals surface area contributed by atoms with Crippen molar-refractivity contribution in [2.24, 2.45) is 17.3 Å². The zero-order chi connectivity index (χ0) is 14.0. The van der Waals surface area contributed by atoms with Crippen LogP contribution < -0.4 is 0 Å². The van der Waals surface area contributed by atoms with Gasteiger partial charge in [-0.1, -0.05) is 36.7 Å². The van der Waals surface area contributed by atoms with Crippen molar-refractivity contribution in [1.82, 2.24) is 4.90 Å². The largest absolute Gasteiger partial charge is 0.342 e. The Labute approximate surface area is 126 Å². The molecule has 0 unspecified atom stereocenters. The molecule has 1 amide bonds. The van der Waals surface area contributed by atoms with Gasteiger partial charge < -0.3 is 4.90 Å². The number of carbonyl (C=O) groups excluding carboxylic acids is 1. The molecule has 110 valence electrons. The molecule has 1 aliphatic heterocycles. The van der Waals surface area contributed by atoms with E-state index in [9.17, 15) is 4.79 Å². The Kier molecular flexibility index (Phi) is 4.97. The van der Waals surface area contributed by atoms with Gasteiger partial charge in [-0.25, -0.2) is 0 Å². The average molecular weight is 330 g/mol. The Morgan fingerprint density at radius 1 is 1.00 bits per heavy atom. The third-order valence-electron chi connectivity index (χ3n) is 5.04. The molecule has 1 saturated carbocycles. The second-order valence-corrected chi connectivity index (χ2v) is 8.71. The van der Waals surface area contributed by atoms with Gasteiger partial charge in [-0.05, 0) is 49.9 Å². The van der Waals surface area contributed by atoms with Crippen LogP contribution in [0.3, 0.4) is 0 Å². The molecule has 1 saturated heterocycles. The van der Waals surface area contributed by atoms with E-state index in [0.717, 1.165) is 44.7 Å². The molecule has 0 aromatic rings. The molecule has 0 N–H and O–H groups in total. The maximum atomic E-state index is 12.5. The Morgan fingerprint density at radius 2 is 1.53 bits per heavy atom. The van der Waals surface area contributed by atoms with Crippen LogP contribution in [0.4, 0.5) is 0 Å². The average Bonchev–Trinajstić information content (AvgIpc) is 2.38. The van der Waals surface area contributed by atoms with Gasteiger partial charge in [0.2, 0.25) is 5.91 Å². The second-order valence-electron chi connectivity index (χ2n) is 7.41. The molecule has 0 aromatic carbocycles. The molecule has 2 fully saturated rings. The van der Waals surface area contributed by atoms with Gasteiger partial charge in [0.1, 0.15) is 0 Å². The van der Waals surface area contributed by atoms with Crippen LogP contribution in [0.1, 0.15) is 59.3 Å². The van der Waals surface area contributed by atoms with E-state index in [1.165, 1.54) is 12.8 Å². The number of nitrogens with zero attached hydrogens (tertiary/aromatic N) is 1. The van der Waals surface area contributed by atoms with E-state index in [2.05, 4.69) is 41.6 Å². The number of likely N-dealkylation sites (tertiary alicyclic amines) is 1. The predicted octanol–water partition coefficient (Wildman–Crippen LogP) is 4.22. The number of amides is 1. The molecule has 1 heterocycles. The summed E-state index contributed by atoms with van der Waals surface area (Å²) in [5.41, 5.74) is 0.405. The van der Waals surface area contributed by atoms with E-state index in [4.69, 9.17) is 0 Å². The second kappa shape index (κ2) is 6.15. The number of hydrogen-bond acceptors (Lipinski definition) is 1. The molecule has 2 rings (SSSR count). The summed E-state index contributed by atoms with van der Waals surface area (Å²) in [6.07, 6.45) is 6.90. The lowest BCUT2D eigenvalue weighted by molar-refractivity contribution is -0.138. The van der Waals surface area contributed by atoms with Crippen LogP contribution in [-0.4, -0.2) is 28.7 Å². The first-order valence-electron chi connectivity index (χ1n) is 7.81. The lowest BCUT2D eigenvalue weighted by Crippen LogP contribution is -2.43. The van der Waals surface area contributed by atoms with Crippen molar-refractivity contribution in [1.29, 1.82) is 0 Å². The smallest absolute Gasteiger partial charge is 0.225 e. The van der Waals surface area contributed by atoms with Crippen molar-refractivity contribution in [2.45, 2.75) is 64.1 Å². The van der Waals surface area contributed by atoms with Crippen molar-refractivity contribution < 1.29 is 4.79 Å². The van der Waals surface area contributed by atoms with Gasteiger partial charge in [0, 0.05) is 23.8 Å². The van der Waals surface area contributed by atoms with Crippen molar-refractivity contribution in [3.63, 3.8) is 0 Å². The van der Waals surface area contributed by atoms with Crippen molar-refractivity contribution in [3.8, 4) is 0 Å². The highest BCUT2D eigenvalue weighted by molar-refractivity contribution is 9.09. The molecule has 0 spiro atoms. The standard InChI is InChI=1S/C16H28BrNO/c1-16(2,3)13-6-4-12(5-7-13)15(19)18-10-8-14(17)9-11-18/h12-14H,4-11H2,1-3H3. The topological polar surface area (TPSA) is 20.3 Å². The fourth-order valence-electron chi connectivity index (χ4n) is 3.53. The number of alkyl halides is 1. The SMILES string of the molecule is CC(C)(C)C1CCC(C(=O)N2CCC(Br)CC2)CC1. The molecule has 1 aliphatic carbocycles. The Morgan fingerprint density at radius 3 is 2.00 bits per heavy atom. The fourth-order valence-corrected chi connectivity index (χ4v) is 3.94. The van der Waals surface area contributed by atoms with Crippen molar-refractivity contribution in [3.05, 3.63) is 0 Å². The highest BCUT2D eigenvalue weighted by Gasteiger charge is 2.34. The Balaban J connectivity index is 1.82. The summed E-state index contributed by atoms with van der Waals surface area (Å²) in [4.78, 5) is 15.3. The van der Waals surface area contributed by atoms with E-state index in [1.807, 2.05) is 0 Å². The molecule has 19 heavy (non-hydrogen) atoms. The van der Waals surface area contributed by atoms with Crippen LogP contribution in [0.2, 0.25) is 0 Å². The minimum Gasteiger partial charge on any atom is -0.342 e. The fraction of sp³-hybridized carbons (Fsp3) is 0.938. The quantitative estimate of drug-likeness (QED) is 0.659. The predicted molar refractivity (Wildman–Crippen MR) is 83.4 cm³/mol. The lowest BCUT2D eigenvalue weighted by atomic mass is 9.69. The minimum absolute atomic E-state index is 0.311. The Bertz CT molecular complexity index is 307. The van der Waals surface area contributed by atoms with Crippen LogP contribution in [-0.2, 0) is 4.79 Å². The van der Waals surface area contributed by atoms with E-state index < -0.39 is 0 Å². The molecule has 0 atom stereocenters. The summed E-state index contributed by atoms with van der Waals surface area (Å²) >= 11 is 3.65. The maximum Gasteiger partial charge on any atom is 0.225 e. The molecule has 2 aliphatic rings. The zero-order valence-corrected chi connectivity index (χ0v) is 14.2. The maximum absolute atomic E-state index is 12.5. The summed E-state index contributed by atoms with van der Waals surface area (Å²) in [6.45, 7) is 8.91. The highest BCUT2D eigenvalue weighted by Crippen LogP contribution is 2.40. The molecule has 2 nitrogen and oxygen atoms in total. The third-order valence-corrected chi connectivity index (χ3v) is 5.95. The summed E-state index contributed by atoms with van der Waals surface area (Å²) < 4.78 is 0. The van der Waals surface area contributed by atoms with E-state index in [-0.39, 0.29) is 0 Å². The van der Waals surface area contributed by atoms with E-state index >= 15 is 0 Å². The summed E-state index contributed by atoms with van der Waals surface area (Å²) in [5, 5.41) is 0. The summed E-state index contributed by atoms with van der Waals surface area (Å²) in [7, 11) is 0. The first-order chi connectivity index (χ1) is 8.88. The Hall–Kier alpha value is -0.0500. The summed E-state index contributed by atoms with van der Waals surface area (Å²) in [6, 6.07) is 0. The van der Waals surface area contributed by atoms with Gasteiger partial charge >= 0.3 is 0 Å². The number of hydrogen-bond donors (Lipinski definition) is 0. The van der Waals surface area contributed by atoms with Gasteiger partial charge in [0.15, 0.2) is 0 Å². The first-order valence-corrected chi connectivity index (χ1v) is 8.72. The number of halogens is 1. The number of carbonyl (C=O) groups is 1. The van der Waals surface area contributed by atoms with Gasteiger partial charge in [0.25, 0.3) is 0 Å². The van der Waals surface area contributed by atoms with Gasteiger partial charge in [-0.3, -0.25) is 4.79 Å². The molecule has 0 radical (unpaired) electrons. The van der Waals surface area contributed by atoms with Crippen LogP contribution >= 0.6 is 15.9 Å². The van der Waals surface area contributed by atoms with Gasteiger partial charge in [-0.2, -0.15) is 0 Å². The zero-order valence-electron chi connectivity index (χ0n) is 12.6. The molecular formula is C16H28BrNO. The number of rotatable bonds is 1. The van der Waals surface area contributed by atoms with E-state index in [0.29, 0.717) is 22.1 Å². The number of piperidine rings is 1. The molecule has 0 bridgehead atoms. The van der Waals surface area contributed by atoms with Crippen LogP contribution in [0.15, 0.2) is 0 Å². The molecular weight excluding hydrogens is 302 g/mol. The van der Waals surface area contributed by atoms with Crippen LogP contribution in [0.5, 0.6) is 0 Å². The van der Waals surface area contributed by atoms with Crippen molar-refractivity contribution >= 4 is 21.8 Å². The van der Waals surface area contributed by atoms with Crippen molar-refractivity contribution in [2.75, 3.05) is 13.1 Å². The summed E-state index contributed by atoms with van der Waals surface area (Å²) in [5.74, 6) is 1.54. The normalized spacial score (nSPS) is 30.4. The van der Waals surface area contributed by atoms with E-state index in [1.54, 1.807) is 0 Å². The van der Waals surface area contributed by atoms with Crippen LogP contribution in [0, 0.1) is 17.3 Å². The van der Waals surface area contributed by atoms with Gasteiger partial charge in [0.05, 0.1) is 0 Å². The third kappa shape index (κ3) is 3.96. The highest BCUT2D eigenvalue weighted by atomic mass is 79.9. The monoisotopic (exact) mass is 329 g/mol. The molecule has 3 heteroatoms.